The number of nitrogens with two attached hydrogens (primary N) is 2. The number of carbonyl (C=O) groups is 5. The fourth-order valence-electron chi connectivity index (χ4n) is 7.57. The number of carbonyl (C=O) groups excluding carboxylic acids is 5. The van der Waals surface area contributed by atoms with Gasteiger partial charge in [-0.25, -0.2) is 24.7 Å². The number of anilines is 1. The molecule has 0 atom stereocenters. The number of hydrogen-bond donors (Lipinski definition) is 4. The van der Waals surface area contributed by atoms with Gasteiger partial charge in [-0.05, 0) is 85.2 Å². The normalized spacial score (nSPS) is 11.8. The number of ether oxygens (including phenoxy) is 2. The number of nitrogens with zero attached hydrogens (tertiary/aromatic N) is 11. The number of nitrogens with one attached hydrogen (secondary N) is 2. The molecular formula is C46H55N15O8. The van der Waals surface area contributed by atoms with Gasteiger partial charge in [-0.1, -0.05) is 12.2 Å². The van der Waals surface area contributed by atoms with E-state index in [1.807, 2.05) is 48.2 Å². The minimum atomic E-state index is -0.818. The third-order valence-electron chi connectivity index (χ3n) is 10.7. The molecule has 0 spiro atoms. The van der Waals surface area contributed by atoms with Crippen molar-refractivity contribution in [2.24, 2.45) is 11.5 Å². The third kappa shape index (κ3) is 11.0. The lowest BCUT2D eigenvalue weighted by atomic mass is 10.1. The van der Waals surface area contributed by atoms with Gasteiger partial charge in [-0.3, -0.25) is 43.3 Å². The molecule has 1 aromatic carbocycles. The number of primary amides is 2. The predicted octanol–water partition coefficient (Wildman–Crippen LogP) is 4.44. The van der Waals surface area contributed by atoms with Crippen LogP contribution in [0.5, 0.6) is 5.75 Å². The molecule has 0 saturated heterocycles. The van der Waals surface area contributed by atoms with Gasteiger partial charge in [-0.15, -0.1) is 0 Å². The summed E-state index contributed by atoms with van der Waals surface area (Å²) in [5.41, 5.74) is 17.6. The maximum atomic E-state index is 13.6. The first-order chi connectivity index (χ1) is 32.8. The predicted molar refractivity (Wildman–Crippen MR) is 254 cm³/mol. The van der Waals surface area contributed by atoms with Crippen molar-refractivity contribution >= 4 is 68.8 Å². The second kappa shape index (κ2) is 20.3. The number of pyridine rings is 1. The molecule has 7 rings (SSSR count). The van der Waals surface area contributed by atoms with E-state index in [1.54, 1.807) is 68.4 Å². The average molecular weight is 946 g/mol. The molecule has 0 aliphatic heterocycles. The van der Waals surface area contributed by atoms with E-state index in [2.05, 4.69) is 31.0 Å². The Morgan fingerprint density at radius 2 is 1.51 bits per heavy atom. The minimum Gasteiger partial charge on any atom is -0.491 e. The van der Waals surface area contributed by atoms with Crippen LogP contribution >= 0.6 is 0 Å². The van der Waals surface area contributed by atoms with E-state index in [0.29, 0.717) is 81.3 Å². The lowest BCUT2D eigenvalue weighted by Crippen LogP contribution is -2.37. The Morgan fingerprint density at radius 3 is 2.20 bits per heavy atom. The molecule has 362 valence electrons. The van der Waals surface area contributed by atoms with E-state index in [9.17, 15) is 24.0 Å². The highest BCUT2D eigenvalue weighted by atomic mass is 16.7. The Balaban J connectivity index is 1.20. The van der Waals surface area contributed by atoms with Crippen molar-refractivity contribution < 1.29 is 38.3 Å². The van der Waals surface area contributed by atoms with Gasteiger partial charge >= 0.3 is 6.09 Å². The second-order valence-electron chi connectivity index (χ2n) is 17.1. The summed E-state index contributed by atoms with van der Waals surface area (Å²) in [5, 5.41) is 13.1. The van der Waals surface area contributed by atoms with Crippen molar-refractivity contribution in [2.75, 3.05) is 32.1 Å². The molecule has 23 nitrogen and oxygen atoms in total. The first kappa shape index (κ1) is 48.7. The zero-order valence-electron chi connectivity index (χ0n) is 39.7. The van der Waals surface area contributed by atoms with Crippen LogP contribution in [0, 0.1) is 13.8 Å². The zero-order valence-corrected chi connectivity index (χ0v) is 39.7. The average Bonchev–Trinajstić information content (AvgIpc) is 4.06. The van der Waals surface area contributed by atoms with Crippen LogP contribution in [-0.4, -0.2) is 116 Å². The molecule has 69 heavy (non-hydrogen) atoms. The second-order valence-corrected chi connectivity index (χ2v) is 17.1. The van der Waals surface area contributed by atoms with Crippen LogP contribution in [0.4, 0.5) is 10.7 Å². The molecule has 6 aromatic heterocycles. The SMILES string of the molecule is CCn1nc(C)cc1C(=O)Nc1nc2cc(C(N)=O)cnc2n1C/C=C/Cn1c2nc(-c3cc(C)nn3CC)ncc2c2cc(C(N)=O)cc(OCCCN(C)C(=O)CONC(=O)OC(C)(C)C)c21. The number of imidazole rings is 1. The Bertz CT molecular complexity index is 3140. The number of hydrogen-bond acceptors (Lipinski definition) is 14. The zero-order chi connectivity index (χ0) is 49.7. The Labute approximate surface area is 395 Å². The lowest BCUT2D eigenvalue weighted by molar-refractivity contribution is -0.137. The van der Waals surface area contributed by atoms with Gasteiger partial charge in [0, 0.05) is 68.5 Å². The van der Waals surface area contributed by atoms with E-state index in [-0.39, 0.29) is 43.3 Å². The molecule has 5 amide bonds. The Hall–Kier alpha value is -8.21. The van der Waals surface area contributed by atoms with Crippen LogP contribution in [0.25, 0.3) is 44.6 Å². The molecule has 0 unspecified atom stereocenters. The van der Waals surface area contributed by atoms with E-state index < -0.39 is 41.9 Å². The molecule has 6 N–H and O–H groups in total. The number of aromatic nitrogens is 10. The van der Waals surface area contributed by atoms with Gasteiger partial charge in [0.25, 0.3) is 11.8 Å². The van der Waals surface area contributed by atoms with Crippen molar-refractivity contribution in [3.8, 4) is 17.3 Å². The molecule has 0 saturated carbocycles. The van der Waals surface area contributed by atoms with Gasteiger partial charge in [0.05, 0.1) is 29.1 Å². The fourth-order valence-corrected chi connectivity index (χ4v) is 7.57. The highest BCUT2D eigenvalue weighted by Gasteiger charge is 2.23. The summed E-state index contributed by atoms with van der Waals surface area (Å²) in [6.07, 6.45) is 6.38. The highest BCUT2D eigenvalue weighted by Crippen LogP contribution is 2.36. The van der Waals surface area contributed by atoms with Crippen LogP contribution in [0.2, 0.25) is 0 Å². The van der Waals surface area contributed by atoms with Crippen LogP contribution in [0.3, 0.4) is 0 Å². The van der Waals surface area contributed by atoms with Gasteiger partial charge in [0.2, 0.25) is 17.8 Å². The molecule has 0 fully saturated rings. The monoisotopic (exact) mass is 945 g/mol. The smallest absolute Gasteiger partial charge is 0.431 e. The van der Waals surface area contributed by atoms with Gasteiger partial charge in [0.15, 0.2) is 18.1 Å². The van der Waals surface area contributed by atoms with Crippen molar-refractivity contribution in [1.29, 1.82) is 0 Å². The van der Waals surface area contributed by atoms with Crippen LogP contribution < -0.4 is 27.0 Å². The van der Waals surface area contributed by atoms with Gasteiger partial charge < -0.3 is 30.4 Å². The Kier molecular flexibility index (Phi) is 14.4. The third-order valence-corrected chi connectivity index (χ3v) is 10.7. The number of hydroxylamine groups is 1. The summed E-state index contributed by atoms with van der Waals surface area (Å²) < 4.78 is 18.6. The van der Waals surface area contributed by atoms with Crippen molar-refractivity contribution in [1.82, 2.24) is 59.0 Å². The number of fused-ring (bicyclic) bond motifs is 4. The maximum absolute atomic E-state index is 13.6. The van der Waals surface area contributed by atoms with E-state index in [4.69, 9.17) is 35.7 Å². The summed E-state index contributed by atoms with van der Waals surface area (Å²) in [6, 6.07) is 8.36. The molecule has 0 radical (unpaired) electrons. The molecule has 23 heteroatoms. The van der Waals surface area contributed by atoms with Crippen molar-refractivity contribution in [3.05, 3.63) is 83.1 Å². The summed E-state index contributed by atoms with van der Waals surface area (Å²) in [6.45, 7) is 14.1. The first-order valence-electron chi connectivity index (χ1n) is 22.2. The maximum Gasteiger partial charge on any atom is 0.431 e. The molecule has 0 aliphatic carbocycles. The van der Waals surface area contributed by atoms with Crippen LogP contribution in [-0.2, 0) is 40.5 Å². The minimum absolute atomic E-state index is 0.125. The van der Waals surface area contributed by atoms with E-state index >= 15 is 0 Å². The number of amides is 5. The fraction of sp³-hybridized carbons (Fsp3) is 0.370. The standard InChI is InChI=1S/C46H55N15O8/c1-9-60-33(18-26(3)54-60)40-49-24-31-30-20-28(38(47)63)22-35(67-17-13-14-57(8)36(62)25-68-56-45(66)69-46(5,6)7)37(30)58(41(31)52-40)15-11-12-16-59-42-32(21-29(23-50-42)39(48)64)51-44(59)53-43(65)34-19-27(4)55-61(34)10-2/h11-12,18-24H,9-10,13-17,25H2,1-8H3,(H2,47,63)(H2,48,64)(H,56,66)(H,51,53,65)/b12-11+. The molecule has 6 heterocycles. The summed E-state index contributed by atoms with van der Waals surface area (Å²) >= 11 is 0. The van der Waals surface area contributed by atoms with Crippen LogP contribution in [0.1, 0.15) is 83.6 Å². The number of aryl methyl sites for hydroxylation is 4. The lowest BCUT2D eigenvalue weighted by Gasteiger charge is -2.20. The van der Waals surface area contributed by atoms with E-state index in [1.165, 1.54) is 17.2 Å². The molecule has 0 bridgehead atoms. The number of rotatable bonds is 19. The summed E-state index contributed by atoms with van der Waals surface area (Å²) in [4.78, 5) is 88.6. The quantitative estimate of drug-likeness (QED) is 0.0496. The number of benzene rings is 1. The Morgan fingerprint density at radius 1 is 0.812 bits per heavy atom. The number of likely N-dealkylation sites (N-methyl/N-ethyl adjacent to an activating group) is 1. The topological polar surface area (TPSA) is 289 Å². The van der Waals surface area contributed by atoms with Gasteiger partial charge in [-0.2, -0.15) is 15.7 Å². The molecular weight excluding hydrogens is 891 g/mol. The van der Waals surface area contributed by atoms with Gasteiger partial charge in [0.1, 0.15) is 33.9 Å². The molecule has 7 aromatic rings. The van der Waals surface area contributed by atoms with Crippen molar-refractivity contribution in [3.63, 3.8) is 0 Å². The van der Waals surface area contributed by atoms with Crippen molar-refractivity contribution in [2.45, 2.75) is 86.7 Å². The largest absolute Gasteiger partial charge is 0.491 e. The highest BCUT2D eigenvalue weighted by molar-refractivity contribution is 6.12. The van der Waals surface area contributed by atoms with E-state index in [0.717, 1.165) is 5.69 Å². The summed E-state index contributed by atoms with van der Waals surface area (Å²) in [7, 11) is 1.60. The summed E-state index contributed by atoms with van der Waals surface area (Å²) in [5.74, 6) is -1.23. The number of allylic oxidation sites excluding steroid dienone is 2. The van der Waals surface area contributed by atoms with Crippen LogP contribution in [0.15, 0.2) is 54.9 Å². The molecule has 0 aliphatic rings. The first-order valence-corrected chi connectivity index (χ1v) is 22.2.